The van der Waals surface area contributed by atoms with Crippen molar-refractivity contribution < 1.29 is 13.9 Å². The zero-order valence-electron chi connectivity index (χ0n) is 11.2. The van der Waals surface area contributed by atoms with Gasteiger partial charge in [0.2, 0.25) is 0 Å². The van der Waals surface area contributed by atoms with Crippen LogP contribution in [0.5, 0.6) is 5.75 Å². The molecule has 3 rings (SSSR count). The SMILES string of the molecule is N#Cc1c(F)cccc1OC1COC2(CCNCC2)C1. The summed E-state index contributed by atoms with van der Waals surface area (Å²) in [7, 11) is 0. The number of nitrogens with one attached hydrogen (secondary N) is 1. The Balaban J connectivity index is 1.71. The molecule has 1 unspecified atom stereocenters. The van der Waals surface area contributed by atoms with Crippen LogP contribution in [0.2, 0.25) is 0 Å². The number of piperidine rings is 1. The third kappa shape index (κ3) is 2.49. The molecule has 0 aromatic heterocycles. The van der Waals surface area contributed by atoms with Crippen LogP contribution in [0.15, 0.2) is 18.2 Å². The number of hydrogen-bond acceptors (Lipinski definition) is 4. The average molecular weight is 276 g/mol. The quantitative estimate of drug-likeness (QED) is 0.897. The Labute approximate surface area is 117 Å². The molecule has 2 saturated heterocycles. The molecule has 2 aliphatic rings. The molecule has 1 aromatic rings. The fourth-order valence-electron chi connectivity index (χ4n) is 3.00. The smallest absolute Gasteiger partial charge is 0.144 e. The maximum atomic E-state index is 13.5. The number of halogens is 1. The van der Waals surface area contributed by atoms with E-state index >= 15 is 0 Å². The Morgan fingerprint density at radius 1 is 1.40 bits per heavy atom. The zero-order chi connectivity index (χ0) is 14.0. The van der Waals surface area contributed by atoms with Crippen LogP contribution in [0.1, 0.15) is 24.8 Å². The molecule has 4 nitrogen and oxygen atoms in total. The fraction of sp³-hybridized carbons (Fsp3) is 0.533. The van der Waals surface area contributed by atoms with Crippen molar-refractivity contribution in [3.05, 3.63) is 29.6 Å². The molecule has 1 N–H and O–H groups in total. The van der Waals surface area contributed by atoms with Gasteiger partial charge in [-0.25, -0.2) is 4.39 Å². The van der Waals surface area contributed by atoms with E-state index in [1.807, 2.05) is 6.07 Å². The molecule has 0 saturated carbocycles. The van der Waals surface area contributed by atoms with Crippen molar-refractivity contribution in [3.8, 4) is 11.8 Å². The first-order valence-corrected chi connectivity index (χ1v) is 6.92. The highest BCUT2D eigenvalue weighted by Gasteiger charge is 2.42. The zero-order valence-corrected chi connectivity index (χ0v) is 11.2. The van der Waals surface area contributed by atoms with Crippen molar-refractivity contribution in [3.63, 3.8) is 0 Å². The minimum Gasteiger partial charge on any atom is -0.486 e. The lowest BCUT2D eigenvalue weighted by molar-refractivity contribution is -0.0205. The van der Waals surface area contributed by atoms with Gasteiger partial charge < -0.3 is 14.8 Å². The van der Waals surface area contributed by atoms with Gasteiger partial charge in [-0.1, -0.05) is 6.07 Å². The third-order valence-corrected chi connectivity index (χ3v) is 4.07. The lowest BCUT2D eigenvalue weighted by atomic mass is 9.89. The summed E-state index contributed by atoms with van der Waals surface area (Å²) in [6, 6.07) is 6.32. The Kier molecular flexibility index (Phi) is 3.60. The predicted molar refractivity (Wildman–Crippen MR) is 70.9 cm³/mol. The first kappa shape index (κ1) is 13.3. The van der Waals surface area contributed by atoms with Gasteiger partial charge in [-0.3, -0.25) is 0 Å². The second-order valence-electron chi connectivity index (χ2n) is 5.41. The van der Waals surface area contributed by atoms with Crippen LogP contribution >= 0.6 is 0 Å². The van der Waals surface area contributed by atoms with Gasteiger partial charge in [-0.2, -0.15) is 5.26 Å². The summed E-state index contributed by atoms with van der Waals surface area (Å²) in [5.41, 5.74) is -0.130. The highest BCUT2D eigenvalue weighted by Crippen LogP contribution is 2.36. The van der Waals surface area contributed by atoms with Crippen molar-refractivity contribution in [1.82, 2.24) is 5.32 Å². The van der Waals surface area contributed by atoms with Gasteiger partial charge in [0, 0.05) is 6.42 Å². The van der Waals surface area contributed by atoms with Gasteiger partial charge in [0.25, 0.3) is 0 Å². The highest BCUT2D eigenvalue weighted by atomic mass is 19.1. The van der Waals surface area contributed by atoms with E-state index in [1.54, 1.807) is 12.1 Å². The molecule has 5 heteroatoms. The monoisotopic (exact) mass is 276 g/mol. The van der Waals surface area contributed by atoms with Gasteiger partial charge in [-0.05, 0) is 38.1 Å². The van der Waals surface area contributed by atoms with Gasteiger partial charge in [-0.15, -0.1) is 0 Å². The molecular formula is C15H17FN2O2. The first-order valence-electron chi connectivity index (χ1n) is 6.92. The van der Waals surface area contributed by atoms with E-state index in [9.17, 15) is 4.39 Å². The average Bonchev–Trinajstić information content (AvgIpc) is 2.82. The second kappa shape index (κ2) is 5.39. The Morgan fingerprint density at radius 3 is 2.95 bits per heavy atom. The van der Waals surface area contributed by atoms with Crippen molar-refractivity contribution >= 4 is 0 Å². The predicted octanol–water partition coefficient (Wildman–Crippen LogP) is 1.99. The molecule has 1 spiro atoms. The van der Waals surface area contributed by atoms with Crippen LogP contribution in [0.25, 0.3) is 0 Å². The molecular weight excluding hydrogens is 259 g/mol. The van der Waals surface area contributed by atoms with Crippen molar-refractivity contribution in [2.24, 2.45) is 0 Å². The summed E-state index contributed by atoms with van der Waals surface area (Å²) in [5, 5.41) is 12.3. The summed E-state index contributed by atoms with van der Waals surface area (Å²) in [6.45, 7) is 2.41. The van der Waals surface area contributed by atoms with E-state index in [-0.39, 0.29) is 17.3 Å². The Morgan fingerprint density at radius 2 is 2.20 bits per heavy atom. The number of nitrogens with zero attached hydrogens (tertiary/aromatic N) is 1. The molecule has 20 heavy (non-hydrogen) atoms. The minimum absolute atomic E-state index is 0.0289. The summed E-state index contributed by atoms with van der Waals surface area (Å²) < 4.78 is 25.3. The lowest BCUT2D eigenvalue weighted by Gasteiger charge is -2.32. The third-order valence-electron chi connectivity index (χ3n) is 4.07. The minimum atomic E-state index is -0.541. The normalized spacial score (nSPS) is 24.5. The molecule has 2 fully saturated rings. The fourth-order valence-corrected chi connectivity index (χ4v) is 3.00. The van der Waals surface area contributed by atoms with E-state index in [1.165, 1.54) is 6.07 Å². The van der Waals surface area contributed by atoms with Crippen LogP contribution in [-0.2, 0) is 4.74 Å². The molecule has 106 valence electrons. The maximum Gasteiger partial charge on any atom is 0.144 e. The second-order valence-corrected chi connectivity index (χ2v) is 5.41. The van der Waals surface area contributed by atoms with E-state index in [4.69, 9.17) is 14.7 Å². The van der Waals surface area contributed by atoms with Gasteiger partial charge in [0.05, 0.1) is 12.2 Å². The van der Waals surface area contributed by atoms with E-state index in [0.29, 0.717) is 12.4 Å². The Bertz CT molecular complexity index is 535. The van der Waals surface area contributed by atoms with Crippen molar-refractivity contribution in [2.75, 3.05) is 19.7 Å². The maximum absolute atomic E-state index is 13.5. The van der Waals surface area contributed by atoms with Crippen molar-refractivity contribution in [1.29, 1.82) is 5.26 Å². The molecule has 1 atom stereocenters. The first-order chi connectivity index (χ1) is 9.72. The van der Waals surface area contributed by atoms with E-state index in [0.717, 1.165) is 32.4 Å². The summed E-state index contributed by atoms with van der Waals surface area (Å²) in [5.74, 6) is -0.229. The molecule has 2 aliphatic heterocycles. The number of rotatable bonds is 2. The highest BCUT2D eigenvalue weighted by molar-refractivity contribution is 5.44. The molecule has 0 amide bonds. The summed E-state index contributed by atoms with van der Waals surface area (Å²) >= 11 is 0. The topological polar surface area (TPSA) is 54.3 Å². The van der Waals surface area contributed by atoms with Crippen molar-refractivity contribution in [2.45, 2.75) is 31.0 Å². The van der Waals surface area contributed by atoms with E-state index in [2.05, 4.69) is 5.32 Å². The van der Waals surface area contributed by atoms with Crippen LogP contribution < -0.4 is 10.1 Å². The summed E-state index contributed by atoms with van der Waals surface area (Å²) in [6.07, 6.45) is 2.64. The van der Waals surface area contributed by atoms with Gasteiger partial charge >= 0.3 is 0 Å². The number of hydrogen-bond donors (Lipinski definition) is 1. The molecule has 0 bridgehead atoms. The van der Waals surface area contributed by atoms with E-state index < -0.39 is 5.82 Å². The van der Waals surface area contributed by atoms with Crippen LogP contribution in [0, 0.1) is 17.1 Å². The Hall–Kier alpha value is -1.64. The van der Waals surface area contributed by atoms with Crippen LogP contribution in [-0.4, -0.2) is 31.4 Å². The van der Waals surface area contributed by atoms with Crippen LogP contribution in [0.4, 0.5) is 4.39 Å². The number of ether oxygens (including phenoxy) is 2. The largest absolute Gasteiger partial charge is 0.486 e. The number of benzene rings is 1. The van der Waals surface area contributed by atoms with Gasteiger partial charge in [0.1, 0.15) is 29.3 Å². The molecule has 0 aliphatic carbocycles. The lowest BCUT2D eigenvalue weighted by Crippen LogP contribution is -2.41. The molecule has 2 heterocycles. The van der Waals surface area contributed by atoms with Crippen LogP contribution in [0.3, 0.4) is 0 Å². The molecule has 1 aromatic carbocycles. The molecule has 0 radical (unpaired) electrons. The van der Waals surface area contributed by atoms with Gasteiger partial charge in [0.15, 0.2) is 0 Å². The standard InChI is InChI=1S/C15H17FN2O2/c16-13-2-1-3-14(12(13)9-17)20-11-8-15(19-10-11)4-6-18-7-5-15/h1-3,11,18H,4-8,10H2. The summed E-state index contributed by atoms with van der Waals surface area (Å²) in [4.78, 5) is 0. The number of nitriles is 1.